The average molecular weight is 339 g/mol. The molecule has 6 heteroatoms. The molecule has 1 N–H and O–H groups in total. The molecule has 128 valence electrons. The minimum Gasteiger partial charge on any atom is -0.386 e. The number of nitrogens with zero attached hydrogens (tertiary/aromatic N) is 3. The van der Waals surface area contributed by atoms with Gasteiger partial charge in [0.05, 0.1) is 29.7 Å². The molecule has 1 fully saturated rings. The second-order valence-electron chi connectivity index (χ2n) is 6.83. The third-order valence-electron chi connectivity index (χ3n) is 4.52. The van der Waals surface area contributed by atoms with Crippen LogP contribution < -0.4 is 0 Å². The van der Waals surface area contributed by atoms with Gasteiger partial charge in [-0.25, -0.2) is 4.39 Å². The maximum Gasteiger partial charge on any atom is 0.242 e. The molecule has 0 bridgehead atoms. The number of fused-ring (bicyclic) bond motifs is 1. The van der Waals surface area contributed by atoms with Gasteiger partial charge in [0, 0.05) is 18.0 Å². The molecule has 0 unspecified atom stereocenters. The van der Waals surface area contributed by atoms with Gasteiger partial charge in [-0.15, -0.1) is 0 Å². The van der Waals surface area contributed by atoms with Gasteiger partial charge in [0.15, 0.2) is 0 Å². The molecule has 3 aromatic rings. The van der Waals surface area contributed by atoms with Crippen LogP contribution in [-0.4, -0.2) is 44.2 Å². The van der Waals surface area contributed by atoms with E-state index in [0.717, 1.165) is 22.2 Å². The predicted octanol–water partition coefficient (Wildman–Crippen LogP) is 2.44. The maximum atomic E-state index is 13.1. The summed E-state index contributed by atoms with van der Waals surface area (Å²) < 4.78 is 15.0. The van der Waals surface area contributed by atoms with Crippen molar-refractivity contribution in [2.75, 3.05) is 13.1 Å². The molecule has 25 heavy (non-hydrogen) atoms. The first-order chi connectivity index (χ1) is 11.9. The molecule has 1 saturated heterocycles. The zero-order chi connectivity index (χ0) is 17.6. The molecule has 1 aliphatic heterocycles. The van der Waals surface area contributed by atoms with Crippen molar-refractivity contribution in [3.05, 3.63) is 54.6 Å². The lowest BCUT2D eigenvalue weighted by Gasteiger charge is -2.44. The van der Waals surface area contributed by atoms with E-state index < -0.39 is 5.60 Å². The molecule has 0 atom stereocenters. The van der Waals surface area contributed by atoms with Gasteiger partial charge in [-0.3, -0.25) is 9.78 Å². The van der Waals surface area contributed by atoms with E-state index >= 15 is 0 Å². The zero-order valence-corrected chi connectivity index (χ0v) is 13.8. The van der Waals surface area contributed by atoms with Gasteiger partial charge < -0.3 is 14.6 Å². The van der Waals surface area contributed by atoms with E-state index in [-0.39, 0.29) is 18.3 Å². The number of β-amino-alcohol motifs (C(OH)–C–C–N with tert-alkyl or cyclic N) is 1. The second kappa shape index (κ2) is 5.67. The number of amides is 1. The molecule has 4 rings (SSSR count). The summed E-state index contributed by atoms with van der Waals surface area (Å²) in [6.07, 6.45) is 3.58. The van der Waals surface area contributed by atoms with E-state index in [1.165, 1.54) is 12.1 Å². The lowest BCUT2D eigenvalue weighted by molar-refractivity contribution is -0.152. The largest absolute Gasteiger partial charge is 0.386 e. The van der Waals surface area contributed by atoms with Crippen molar-refractivity contribution in [2.24, 2.45) is 0 Å². The number of halogens is 1. The maximum absolute atomic E-state index is 13.1. The van der Waals surface area contributed by atoms with E-state index in [4.69, 9.17) is 0 Å². The summed E-state index contributed by atoms with van der Waals surface area (Å²) in [7, 11) is 0. The highest BCUT2D eigenvalue weighted by atomic mass is 19.1. The van der Waals surface area contributed by atoms with Crippen LogP contribution in [0.2, 0.25) is 0 Å². The Hall–Kier alpha value is -2.73. The summed E-state index contributed by atoms with van der Waals surface area (Å²) >= 11 is 0. The van der Waals surface area contributed by atoms with Gasteiger partial charge in [-0.1, -0.05) is 12.1 Å². The van der Waals surface area contributed by atoms with Crippen molar-refractivity contribution >= 4 is 16.9 Å². The summed E-state index contributed by atoms with van der Waals surface area (Å²) in [4.78, 5) is 18.4. The highest BCUT2D eigenvalue weighted by Gasteiger charge is 2.39. The number of rotatable bonds is 3. The van der Waals surface area contributed by atoms with Crippen molar-refractivity contribution in [3.8, 4) is 11.1 Å². The van der Waals surface area contributed by atoms with Gasteiger partial charge in [0.1, 0.15) is 12.4 Å². The van der Waals surface area contributed by atoms with Crippen molar-refractivity contribution < 1.29 is 14.3 Å². The topological polar surface area (TPSA) is 58.4 Å². The quantitative estimate of drug-likeness (QED) is 0.797. The number of aromatic nitrogens is 2. The number of aliphatic hydroxyl groups is 1. The molecule has 0 spiro atoms. The lowest BCUT2D eigenvalue weighted by Crippen LogP contribution is -2.62. The Morgan fingerprint density at radius 3 is 2.64 bits per heavy atom. The Morgan fingerprint density at radius 1 is 1.24 bits per heavy atom. The molecule has 0 radical (unpaired) electrons. The normalized spacial score (nSPS) is 16.0. The van der Waals surface area contributed by atoms with Crippen LogP contribution in [0.15, 0.2) is 48.8 Å². The van der Waals surface area contributed by atoms with Crippen molar-refractivity contribution in [2.45, 2.75) is 19.1 Å². The SMILES string of the molecule is CC1(O)CN(C(=O)Cn2ccc3ncc(-c4ccc(F)cc4)cc32)C1. The molecular formula is C19H18FN3O2. The number of carbonyl (C=O) groups is 1. The third kappa shape index (κ3) is 3.00. The summed E-state index contributed by atoms with van der Waals surface area (Å²) in [5.41, 5.74) is 2.61. The standard InChI is InChI=1S/C19H18FN3O2/c1-19(25)11-23(12-19)18(24)10-22-7-6-16-17(22)8-14(9-21-16)13-2-4-15(20)5-3-13/h2-9,25H,10-12H2,1H3. The van der Waals surface area contributed by atoms with E-state index in [0.29, 0.717) is 13.1 Å². The van der Waals surface area contributed by atoms with Gasteiger partial charge in [0.2, 0.25) is 5.91 Å². The fourth-order valence-corrected chi connectivity index (χ4v) is 3.20. The average Bonchev–Trinajstić information content (AvgIpc) is 2.95. The Bertz CT molecular complexity index is 939. The van der Waals surface area contributed by atoms with Gasteiger partial charge >= 0.3 is 0 Å². The molecule has 1 aliphatic rings. The van der Waals surface area contributed by atoms with Gasteiger partial charge in [-0.2, -0.15) is 0 Å². The fraction of sp³-hybridized carbons (Fsp3) is 0.263. The summed E-state index contributed by atoms with van der Waals surface area (Å²) in [5, 5.41) is 9.77. The first-order valence-electron chi connectivity index (χ1n) is 8.12. The number of pyridine rings is 1. The highest BCUT2D eigenvalue weighted by molar-refractivity contribution is 5.84. The molecule has 1 aromatic carbocycles. The summed E-state index contributed by atoms with van der Waals surface area (Å²) in [5.74, 6) is -0.312. The van der Waals surface area contributed by atoms with Crippen LogP contribution in [0.5, 0.6) is 0 Å². The fourth-order valence-electron chi connectivity index (χ4n) is 3.20. The molecule has 0 aliphatic carbocycles. The van der Waals surface area contributed by atoms with Crippen LogP contribution in [0.1, 0.15) is 6.92 Å². The van der Waals surface area contributed by atoms with Crippen LogP contribution in [0, 0.1) is 5.82 Å². The third-order valence-corrected chi connectivity index (χ3v) is 4.52. The van der Waals surface area contributed by atoms with Crippen LogP contribution in [0.3, 0.4) is 0 Å². The van der Waals surface area contributed by atoms with Gasteiger partial charge in [-0.05, 0) is 36.8 Å². The number of likely N-dealkylation sites (tertiary alicyclic amines) is 1. The monoisotopic (exact) mass is 339 g/mol. The van der Waals surface area contributed by atoms with Crippen LogP contribution in [0.4, 0.5) is 4.39 Å². The van der Waals surface area contributed by atoms with Crippen molar-refractivity contribution in [1.29, 1.82) is 0 Å². The van der Waals surface area contributed by atoms with Crippen LogP contribution >= 0.6 is 0 Å². The van der Waals surface area contributed by atoms with Crippen molar-refractivity contribution in [3.63, 3.8) is 0 Å². The van der Waals surface area contributed by atoms with Gasteiger partial charge in [0.25, 0.3) is 0 Å². The Balaban J connectivity index is 1.61. The number of hydrogen-bond acceptors (Lipinski definition) is 3. The Morgan fingerprint density at radius 2 is 1.96 bits per heavy atom. The Kier molecular flexibility index (Phi) is 3.58. The first kappa shape index (κ1) is 15.8. The molecule has 2 aromatic heterocycles. The smallest absolute Gasteiger partial charge is 0.242 e. The van der Waals surface area contributed by atoms with E-state index in [1.807, 2.05) is 22.9 Å². The molecular weight excluding hydrogens is 321 g/mol. The van der Waals surface area contributed by atoms with E-state index in [9.17, 15) is 14.3 Å². The molecule has 5 nitrogen and oxygen atoms in total. The minimum absolute atomic E-state index is 0.0313. The molecule has 1 amide bonds. The molecule has 3 heterocycles. The lowest BCUT2D eigenvalue weighted by atomic mass is 9.97. The second-order valence-corrected chi connectivity index (χ2v) is 6.83. The van der Waals surface area contributed by atoms with Crippen LogP contribution in [-0.2, 0) is 11.3 Å². The summed E-state index contributed by atoms with van der Waals surface area (Å²) in [6, 6.07) is 10.1. The number of carbonyl (C=O) groups excluding carboxylic acids is 1. The van der Waals surface area contributed by atoms with Crippen molar-refractivity contribution in [1.82, 2.24) is 14.5 Å². The van der Waals surface area contributed by atoms with Crippen LogP contribution in [0.25, 0.3) is 22.2 Å². The first-order valence-corrected chi connectivity index (χ1v) is 8.12. The highest BCUT2D eigenvalue weighted by Crippen LogP contribution is 2.25. The zero-order valence-electron chi connectivity index (χ0n) is 13.8. The number of benzene rings is 1. The predicted molar refractivity (Wildman–Crippen MR) is 92.3 cm³/mol. The summed E-state index contributed by atoms with van der Waals surface area (Å²) in [6.45, 7) is 2.66. The minimum atomic E-state index is -0.772. The van der Waals surface area contributed by atoms with E-state index in [1.54, 1.807) is 30.2 Å². The molecule has 0 saturated carbocycles. The number of hydrogen-bond donors (Lipinski definition) is 1. The Labute approximate surface area is 144 Å². The van der Waals surface area contributed by atoms with E-state index in [2.05, 4.69) is 4.98 Å².